The largest absolute Gasteiger partial charge is 0.397 e. The number of anilines is 2. The molecule has 0 aliphatic heterocycles. The van der Waals surface area contributed by atoms with E-state index in [0.29, 0.717) is 28.8 Å². The van der Waals surface area contributed by atoms with Crippen LogP contribution in [0.15, 0.2) is 16.6 Å². The van der Waals surface area contributed by atoms with Gasteiger partial charge in [0.25, 0.3) is 0 Å². The molecule has 0 aromatic heterocycles. The molecule has 1 rings (SSSR count). The number of hydrogen-bond acceptors (Lipinski definition) is 3. The highest BCUT2D eigenvalue weighted by molar-refractivity contribution is 9.10. The predicted octanol–water partition coefficient (Wildman–Crippen LogP) is 2.50. The fourth-order valence-electron chi connectivity index (χ4n) is 1.42. The summed E-state index contributed by atoms with van der Waals surface area (Å²) in [5, 5.41) is 5.79. The van der Waals surface area contributed by atoms with Crippen molar-refractivity contribution in [2.45, 2.75) is 26.3 Å². The zero-order chi connectivity index (χ0) is 13.7. The van der Waals surface area contributed by atoms with E-state index in [1.165, 1.54) is 6.07 Å². The number of rotatable bonds is 5. The summed E-state index contributed by atoms with van der Waals surface area (Å²) in [7, 11) is 0. The normalized spacial score (nSPS) is 10.5. The highest BCUT2D eigenvalue weighted by Crippen LogP contribution is 2.26. The van der Waals surface area contributed by atoms with Gasteiger partial charge in [-0.2, -0.15) is 0 Å². The molecular weight excluding hydrogens is 301 g/mol. The Morgan fingerprint density at radius 2 is 2.17 bits per heavy atom. The van der Waals surface area contributed by atoms with E-state index >= 15 is 0 Å². The lowest BCUT2D eigenvalue weighted by Crippen LogP contribution is -2.31. The minimum Gasteiger partial charge on any atom is -0.397 e. The lowest BCUT2D eigenvalue weighted by atomic mass is 10.2. The van der Waals surface area contributed by atoms with Crippen molar-refractivity contribution in [2.75, 3.05) is 17.6 Å². The highest BCUT2D eigenvalue weighted by Gasteiger charge is 2.07. The first-order valence-corrected chi connectivity index (χ1v) is 6.47. The Morgan fingerprint density at radius 3 is 2.78 bits per heavy atom. The Morgan fingerprint density at radius 1 is 1.50 bits per heavy atom. The van der Waals surface area contributed by atoms with Gasteiger partial charge in [-0.1, -0.05) is 0 Å². The van der Waals surface area contributed by atoms with Crippen LogP contribution in [0.25, 0.3) is 0 Å². The van der Waals surface area contributed by atoms with Gasteiger partial charge in [0.2, 0.25) is 5.91 Å². The van der Waals surface area contributed by atoms with E-state index in [1.54, 1.807) is 6.07 Å². The fourth-order valence-corrected chi connectivity index (χ4v) is 1.76. The molecule has 0 bridgehead atoms. The Bertz CT molecular complexity index is 438. The first-order chi connectivity index (χ1) is 8.40. The van der Waals surface area contributed by atoms with E-state index in [9.17, 15) is 9.18 Å². The molecule has 100 valence electrons. The standard InChI is InChI=1S/C12H17BrFN3O/c1-7(2)17-12(18)3-4-16-11-5-8(13)9(14)6-10(11)15/h5-7,16H,3-4,15H2,1-2H3,(H,17,18). The van der Waals surface area contributed by atoms with Gasteiger partial charge in [0.05, 0.1) is 15.8 Å². The van der Waals surface area contributed by atoms with Crippen molar-refractivity contribution in [1.82, 2.24) is 5.32 Å². The Kier molecular flexibility index (Phi) is 5.40. The second-order valence-corrected chi connectivity index (χ2v) is 5.11. The van der Waals surface area contributed by atoms with Crippen molar-refractivity contribution in [3.63, 3.8) is 0 Å². The van der Waals surface area contributed by atoms with E-state index < -0.39 is 5.82 Å². The number of nitrogens with one attached hydrogen (secondary N) is 2. The van der Waals surface area contributed by atoms with Crippen LogP contribution in [0.4, 0.5) is 15.8 Å². The molecule has 1 aromatic rings. The van der Waals surface area contributed by atoms with E-state index in [1.807, 2.05) is 13.8 Å². The zero-order valence-corrected chi connectivity index (χ0v) is 12.0. The second-order valence-electron chi connectivity index (χ2n) is 4.25. The smallest absolute Gasteiger partial charge is 0.221 e. The van der Waals surface area contributed by atoms with Gasteiger partial charge in [0.1, 0.15) is 5.82 Å². The van der Waals surface area contributed by atoms with Gasteiger partial charge in [-0.05, 0) is 35.8 Å². The molecule has 0 spiro atoms. The van der Waals surface area contributed by atoms with Crippen LogP contribution < -0.4 is 16.4 Å². The van der Waals surface area contributed by atoms with Crippen molar-refractivity contribution in [2.24, 2.45) is 0 Å². The molecule has 0 atom stereocenters. The number of carbonyl (C=O) groups is 1. The molecule has 0 aliphatic carbocycles. The monoisotopic (exact) mass is 317 g/mol. The summed E-state index contributed by atoms with van der Waals surface area (Å²) in [5.41, 5.74) is 6.60. The summed E-state index contributed by atoms with van der Waals surface area (Å²) in [5.74, 6) is -0.437. The van der Waals surface area contributed by atoms with E-state index in [4.69, 9.17) is 5.73 Å². The van der Waals surface area contributed by atoms with Crippen LogP contribution >= 0.6 is 15.9 Å². The summed E-state index contributed by atoms with van der Waals surface area (Å²) in [6.07, 6.45) is 0.340. The summed E-state index contributed by atoms with van der Waals surface area (Å²) in [6, 6.07) is 2.92. The van der Waals surface area contributed by atoms with Gasteiger partial charge in [-0.25, -0.2) is 4.39 Å². The number of nitrogens with two attached hydrogens (primary N) is 1. The van der Waals surface area contributed by atoms with Gasteiger partial charge < -0.3 is 16.4 Å². The molecular formula is C12H17BrFN3O. The molecule has 0 fully saturated rings. The average Bonchev–Trinajstić information content (AvgIpc) is 2.24. The summed E-state index contributed by atoms with van der Waals surface area (Å²) in [6.45, 7) is 4.25. The van der Waals surface area contributed by atoms with Crippen LogP contribution in [0.2, 0.25) is 0 Å². The van der Waals surface area contributed by atoms with E-state index in [0.717, 1.165) is 0 Å². The molecule has 4 nitrogen and oxygen atoms in total. The molecule has 0 aliphatic rings. The number of hydrogen-bond donors (Lipinski definition) is 3. The minimum absolute atomic E-state index is 0.0303. The summed E-state index contributed by atoms with van der Waals surface area (Å²) >= 11 is 3.08. The minimum atomic E-state index is -0.407. The average molecular weight is 318 g/mol. The van der Waals surface area contributed by atoms with Crippen molar-refractivity contribution < 1.29 is 9.18 Å². The number of benzene rings is 1. The van der Waals surface area contributed by atoms with E-state index in [2.05, 4.69) is 26.6 Å². The Hall–Kier alpha value is -1.30. The number of halogens is 2. The van der Waals surface area contributed by atoms with E-state index in [-0.39, 0.29) is 11.9 Å². The summed E-state index contributed by atoms with van der Waals surface area (Å²) in [4.78, 5) is 11.4. The van der Waals surface area contributed by atoms with Crippen LogP contribution in [-0.4, -0.2) is 18.5 Å². The van der Waals surface area contributed by atoms with Crippen LogP contribution in [0.3, 0.4) is 0 Å². The first-order valence-electron chi connectivity index (χ1n) is 5.68. The highest BCUT2D eigenvalue weighted by atomic mass is 79.9. The number of nitrogen functional groups attached to an aromatic ring is 1. The quantitative estimate of drug-likeness (QED) is 0.731. The molecule has 0 radical (unpaired) electrons. The molecule has 6 heteroatoms. The lowest BCUT2D eigenvalue weighted by molar-refractivity contribution is -0.121. The number of carbonyl (C=O) groups excluding carboxylic acids is 1. The van der Waals surface area contributed by atoms with Gasteiger partial charge >= 0.3 is 0 Å². The third-order valence-corrected chi connectivity index (χ3v) is 2.82. The SMILES string of the molecule is CC(C)NC(=O)CCNc1cc(Br)c(F)cc1N. The maximum atomic E-state index is 13.1. The third kappa shape index (κ3) is 4.52. The lowest BCUT2D eigenvalue weighted by Gasteiger charge is -2.11. The van der Waals surface area contributed by atoms with Gasteiger partial charge in [-0.3, -0.25) is 4.79 Å². The fraction of sp³-hybridized carbons (Fsp3) is 0.417. The molecule has 1 amide bonds. The van der Waals surface area contributed by atoms with Crippen molar-refractivity contribution in [1.29, 1.82) is 0 Å². The third-order valence-electron chi connectivity index (χ3n) is 2.21. The second kappa shape index (κ2) is 6.58. The Balaban J connectivity index is 2.49. The molecule has 18 heavy (non-hydrogen) atoms. The topological polar surface area (TPSA) is 67.2 Å². The first kappa shape index (κ1) is 14.8. The van der Waals surface area contributed by atoms with Crippen molar-refractivity contribution >= 4 is 33.2 Å². The van der Waals surface area contributed by atoms with Crippen LogP contribution in [0.5, 0.6) is 0 Å². The van der Waals surface area contributed by atoms with Crippen molar-refractivity contribution in [3.05, 3.63) is 22.4 Å². The number of amides is 1. The van der Waals surface area contributed by atoms with Gasteiger partial charge in [0.15, 0.2) is 0 Å². The molecule has 1 aromatic carbocycles. The Labute approximate surface area is 114 Å². The maximum absolute atomic E-state index is 13.1. The van der Waals surface area contributed by atoms with Gasteiger partial charge in [0, 0.05) is 25.1 Å². The summed E-state index contributed by atoms with van der Waals surface area (Å²) < 4.78 is 13.5. The predicted molar refractivity (Wildman–Crippen MR) is 74.9 cm³/mol. The van der Waals surface area contributed by atoms with Crippen molar-refractivity contribution in [3.8, 4) is 0 Å². The van der Waals surface area contributed by atoms with Crippen LogP contribution in [-0.2, 0) is 4.79 Å². The van der Waals surface area contributed by atoms with Crippen LogP contribution in [0.1, 0.15) is 20.3 Å². The zero-order valence-electron chi connectivity index (χ0n) is 10.4. The molecule has 0 saturated carbocycles. The van der Waals surface area contributed by atoms with Gasteiger partial charge in [-0.15, -0.1) is 0 Å². The van der Waals surface area contributed by atoms with Crippen LogP contribution in [0, 0.1) is 5.82 Å². The molecule has 0 unspecified atom stereocenters. The molecule has 0 heterocycles. The molecule has 4 N–H and O–H groups in total. The molecule has 0 saturated heterocycles. The maximum Gasteiger partial charge on any atom is 0.221 e.